The van der Waals surface area contributed by atoms with Crippen molar-refractivity contribution in [1.82, 2.24) is 0 Å². The predicted molar refractivity (Wildman–Crippen MR) is 48.2 cm³/mol. The van der Waals surface area contributed by atoms with Gasteiger partial charge < -0.3 is 5.11 Å². The van der Waals surface area contributed by atoms with Crippen LogP contribution in [0, 0.1) is 0 Å². The summed E-state index contributed by atoms with van der Waals surface area (Å²) >= 11 is 1.68. The van der Waals surface area contributed by atoms with Gasteiger partial charge in [0.25, 0.3) is 0 Å². The molecule has 0 aromatic rings. The fraction of sp³-hybridized carbons (Fsp3) is 0.750. The highest BCUT2D eigenvalue weighted by atomic mass is 32.2. The molecule has 0 unspecified atom stereocenters. The molecule has 2 heteroatoms. The van der Waals surface area contributed by atoms with Crippen LogP contribution in [-0.2, 0) is 0 Å². The fourth-order valence-corrected chi connectivity index (χ4v) is 1.41. The van der Waals surface area contributed by atoms with E-state index in [0.29, 0.717) is 0 Å². The standard InChI is InChI=1S/C8H16OS/c1-7(6-10-4)5-8(2,3)9/h6,9H,5H2,1-4H3/b7-6+. The van der Waals surface area contributed by atoms with Crippen molar-refractivity contribution in [3.63, 3.8) is 0 Å². The molecule has 10 heavy (non-hydrogen) atoms. The molecule has 0 aliphatic rings. The Hall–Kier alpha value is 0.0500. The Balaban J connectivity index is 3.79. The van der Waals surface area contributed by atoms with Crippen molar-refractivity contribution in [3.05, 3.63) is 11.0 Å². The summed E-state index contributed by atoms with van der Waals surface area (Å²) in [5.41, 5.74) is 0.677. The number of hydrogen-bond acceptors (Lipinski definition) is 2. The van der Waals surface area contributed by atoms with Gasteiger partial charge in [0.05, 0.1) is 5.60 Å². The molecule has 0 saturated carbocycles. The van der Waals surface area contributed by atoms with Gasteiger partial charge in [0, 0.05) is 0 Å². The average molecular weight is 160 g/mol. The van der Waals surface area contributed by atoms with Crippen LogP contribution in [0.25, 0.3) is 0 Å². The summed E-state index contributed by atoms with van der Waals surface area (Å²) in [4.78, 5) is 0. The van der Waals surface area contributed by atoms with E-state index in [1.165, 1.54) is 5.57 Å². The third kappa shape index (κ3) is 6.17. The van der Waals surface area contributed by atoms with E-state index in [1.54, 1.807) is 11.8 Å². The van der Waals surface area contributed by atoms with Crippen molar-refractivity contribution in [3.8, 4) is 0 Å². The normalized spacial score (nSPS) is 13.9. The largest absolute Gasteiger partial charge is 0.390 e. The molecule has 0 fully saturated rings. The van der Waals surface area contributed by atoms with Gasteiger partial charge in [-0.1, -0.05) is 5.57 Å². The summed E-state index contributed by atoms with van der Waals surface area (Å²) in [6.07, 6.45) is 2.78. The monoisotopic (exact) mass is 160 g/mol. The first-order valence-corrected chi connectivity index (χ1v) is 4.65. The molecule has 0 rings (SSSR count). The smallest absolute Gasteiger partial charge is 0.0628 e. The third-order valence-electron chi connectivity index (χ3n) is 1.03. The van der Waals surface area contributed by atoms with Crippen LogP contribution in [-0.4, -0.2) is 17.0 Å². The lowest BCUT2D eigenvalue weighted by molar-refractivity contribution is 0.0811. The van der Waals surface area contributed by atoms with Crippen molar-refractivity contribution in [2.75, 3.05) is 6.26 Å². The second-order valence-corrected chi connectivity index (χ2v) is 3.90. The van der Waals surface area contributed by atoms with Crippen molar-refractivity contribution in [2.24, 2.45) is 0 Å². The van der Waals surface area contributed by atoms with Crippen LogP contribution < -0.4 is 0 Å². The molecular weight excluding hydrogens is 144 g/mol. The molecule has 0 aromatic carbocycles. The summed E-state index contributed by atoms with van der Waals surface area (Å²) in [6.45, 7) is 5.68. The van der Waals surface area contributed by atoms with Crippen LogP contribution in [0.3, 0.4) is 0 Å². The molecule has 0 aliphatic heterocycles. The van der Waals surface area contributed by atoms with Crippen LogP contribution in [0.2, 0.25) is 0 Å². The summed E-state index contributed by atoms with van der Waals surface area (Å²) in [7, 11) is 0. The second kappa shape index (κ2) is 4.04. The number of aliphatic hydroxyl groups is 1. The Morgan fingerprint density at radius 1 is 1.60 bits per heavy atom. The minimum absolute atomic E-state index is 0.559. The minimum atomic E-state index is -0.559. The van der Waals surface area contributed by atoms with Gasteiger partial charge in [0.15, 0.2) is 0 Å². The molecule has 1 nitrogen and oxygen atoms in total. The highest BCUT2D eigenvalue weighted by Gasteiger charge is 2.11. The quantitative estimate of drug-likeness (QED) is 0.684. The summed E-state index contributed by atoms with van der Waals surface area (Å²) in [6, 6.07) is 0. The van der Waals surface area contributed by atoms with Crippen LogP contribution in [0.4, 0.5) is 0 Å². The molecule has 0 aromatic heterocycles. The maximum Gasteiger partial charge on any atom is 0.0628 e. The van der Waals surface area contributed by atoms with Gasteiger partial charge in [-0.25, -0.2) is 0 Å². The van der Waals surface area contributed by atoms with Crippen molar-refractivity contribution >= 4 is 11.8 Å². The van der Waals surface area contributed by atoms with Gasteiger partial charge in [-0.05, 0) is 38.9 Å². The van der Waals surface area contributed by atoms with E-state index in [0.717, 1.165) is 6.42 Å². The van der Waals surface area contributed by atoms with E-state index in [4.69, 9.17) is 0 Å². The lowest BCUT2D eigenvalue weighted by atomic mass is 10.0. The van der Waals surface area contributed by atoms with E-state index < -0.39 is 5.60 Å². The maximum atomic E-state index is 9.36. The number of hydrogen-bond donors (Lipinski definition) is 1. The highest BCUT2D eigenvalue weighted by molar-refractivity contribution is 8.01. The Bertz CT molecular complexity index is 122. The first kappa shape index (κ1) is 10.0. The van der Waals surface area contributed by atoms with Crippen LogP contribution in [0.5, 0.6) is 0 Å². The lowest BCUT2D eigenvalue weighted by Gasteiger charge is -2.16. The topological polar surface area (TPSA) is 20.2 Å². The van der Waals surface area contributed by atoms with Crippen molar-refractivity contribution in [2.45, 2.75) is 32.8 Å². The van der Waals surface area contributed by atoms with Crippen LogP contribution in [0.1, 0.15) is 27.2 Å². The van der Waals surface area contributed by atoms with Gasteiger partial charge in [-0.15, -0.1) is 11.8 Å². The Morgan fingerprint density at radius 3 is 2.40 bits per heavy atom. The SMILES string of the molecule is CS/C=C(\C)CC(C)(C)O. The number of thioether (sulfide) groups is 1. The van der Waals surface area contributed by atoms with Gasteiger partial charge in [-0.2, -0.15) is 0 Å². The van der Waals surface area contributed by atoms with Gasteiger partial charge in [0.1, 0.15) is 0 Å². The molecule has 0 radical (unpaired) electrons. The van der Waals surface area contributed by atoms with E-state index in [-0.39, 0.29) is 0 Å². The van der Waals surface area contributed by atoms with Gasteiger partial charge in [0.2, 0.25) is 0 Å². The molecule has 0 amide bonds. The molecule has 0 saturated heterocycles. The molecular formula is C8H16OS. The third-order valence-corrected chi connectivity index (χ3v) is 1.67. The average Bonchev–Trinajstić information content (AvgIpc) is 1.59. The van der Waals surface area contributed by atoms with E-state index >= 15 is 0 Å². The van der Waals surface area contributed by atoms with E-state index in [9.17, 15) is 5.11 Å². The zero-order valence-electron chi connectivity index (χ0n) is 7.14. The molecule has 60 valence electrons. The maximum absolute atomic E-state index is 9.36. The predicted octanol–water partition coefficient (Wildman–Crippen LogP) is 2.41. The lowest BCUT2D eigenvalue weighted by Crippen LogP contribution is -2.18. The summed E-state index contributed by atoms with van der Waals surface area (Å²) in [5, 5.41) is 11.4. The van der Waals surface area contributed by atoms with Crippen LogP contribution >= 0.6 is 11.8 Å². The van der Waals surface area contributed by atoms with Gasteiger partial charge in [-0.3, -0.25) is 0 Å². The molecule has 0 bridgehead atoms. The molecule has 0 aliphatic carbocycles. The zero-order valence-corrected chi connectivity index (χ0v) is 7.96. The second-order valence-electron chi connectivity index (χ2n) is 3.19. The number of rotatable bonds is 3. The Labute approximate surface area is 67.5 Å². The Morgan fingerprint density at radius 2 is 2.10 bits per heavy atom. The minimum Gasteiger partial charge on any atom is -0.390 e. The molecule has 1 N–H and O–H groups in total. The first-order chi connectivity index (χ1) is 4.45. The molecule has 0 spiro atoms. The summed E-state index contributed by atoms with van der Waals surface area (Å²) in [5.74, 6) is 0. The first-order valence-electron chi connectivity index (χ1n) is 3.36. The zero-order chi connectivity index (χ0) is 8.20. The van der Waals surface area contributed by atoms with Crippen molar-refractivity contribution < 1.29 is 5.11 Å². The van der Waals surface area contributed by atoms with E-state index in [2.05, 4.69) is 5.41 Å². The van der Waals surface area contributed by atoms with Crippen LogP contribution in [0.15, 0.2) is 11.0 Å². The van der Waals surface area contributed by atoms with E-state index in [1.807, 2.05) is 27.0 Å². The van der Waals surface area contributed by atoms with Crippen molar-refractivity contribution in [1.29, 1.82) is 0 Å². The van der Waals surface area contributed by atoms with Gasteiger partial charge >= 0.3 is 0 Å². The highest BCUT2D eigenvalue weighted by Crippen LogP contribution is 2.16. The summed E-state index contributed by atoms with van der Waals surface area (Å²) < 4.78 is 0. The molecule has 0 atom stereocenters. The fourth-order valence-electron chi connectivity index (χ4n) is 0.925. The Kier molecular flexibility index (Phi) is 4.06. The molecule has 0 heterocycles.